The number of hydrogen-bond acceptors (Lipinski definition) is 6. The second-order valence-electron chi connectivity index (χ2n) is 6.87. The summed E-state index contributed by atoms with van der Waals surface area (Å²) in [6.45, 7) is 1.75. The van der Waals surface area contributed by atoms with E-state index in [1.54, 1.807) is 31.2 Å². The van der Waals surface area contributed by atoms with Crippen molar-refractivity contribution in [1.29, 1.82) is 0 Å². The summed E-state index contributed by atoms with van der Waals surface area (Å²) in [5, 5.41) is 2.90. The Morgan fingerprint density at radius 2 is 1.53 bits per heavy atom. The fourth-order valence-corrected chi connectivity index (χ4v) is 4.55. The monoisotopic (exact) mass is 486 g/mol. The third-order valence-corrected chi connectivity index (χ3v) is 6.44. The molecule has 9 heteroatoms. The topological polar surface area (TPSA) is 127 Å². The first-order chi connectivity index (χ1) is 14.1. The number of carbonyl (C=O) groups excluding carboxylic acids is 2. The molecule has 1 aliphatic rings. The predicted molar refractivity (Wildman–Crippen MR) is 116 cm³/mol. The van der Waals surface area contributed by atoms with E-state index in [1.165, 1.54) is 24.3 Å². The molecule has 0 unspecified atom stereocenters. The van der Waals surface area contributed by atoms with Gasteiger partial charge in [-0.1, -0.05) is 30.3 Å². The zero-order valence-electron chi connectivity index (χ0n) is 15.6. The summed E-state index contributed by atoms with van der Waals surface area (Å²) in [4.78, 5) is 26.0. The molecule has 1 aliphatic carbocycles. The van der Waals surface area contributed by atoms with Crippen LogP contribution in [-0.2, 0) is 10.1 Å². The average Bonchev–Trinajstić information content (AvgIpc) is 2.68. The number of benzene rings is 3. The molecule has 0 aliphatic heterocycles. The molecule has 0 fully saturated rings. The summed E-state index contributed by atoms with van der Waals surface area (Å²) in [6.07, 6.45) is 0. The largest absolute Gasteiger partial charge is 0.397 e. The van der Waals surface area contributed by atoms with Crippen LogP contribution in [0.2, 0.25) is 0 Å². The maximum absolute atomic E-state index is 13.2. The van der Waals surface area contributed by atoms with E-state index in [2.05, 4.69) is 21.2 Å². The van der Waals surface area contributed by atoms with Crippen LogP contribution in [0.4, 0.5) is 17.1 Å². The van der Waals surface area contributed by atoms with Crippen molar-refractivity contribution in [3.63, 3.8) is 0 Å². The first-order valence-corrected chi connectivity index (χ1v) is 11.0. The smallest absolute Gasteiger partial charge is 0.296 e. The van der Waals surface area contributed by atoms with E-state index in [9.17, 15) is 22.6 Å². The van der Waals surface area contributed by atoms with Gasteiger partial charge in [0.15, 0.2) is 11.6 Å². The fourth-order valence-electron chi connectivity index (χ4n) is 3.50. The van der Waals surface area contributed by atoms with Crippen LogP contribution in [0.1, 0.15) is 37.4 Å². The van der Waals surface area contributed by atoms with Crippen LogP contribution in [0.5, 0.6) is 0 Å². The second-order valence-corrected chi connectivity index (χ2v) is 9.12. The van der Waals surface area contributed by atoms with Crippen molar-refractivity contribution in [2.45, 2.75) is 11.8 Å². The number of rotatable bonds is 3. The van der Waals surface area contributed by atoms with E-state index >= 15 is 0 Å². The van der Waals surface area contributed by atoms with Gasteiger partial charge in [0.25, 0.3) is 10.1 Å². The zero-order chi connectivity index (χ0) is 21.8. The quantitative estimate of drug-likeness (QED) is 0.293. The predicted octanol–water partition coefficient (Wildman–Crippen LogP) is 4.11. The lowest BCUT2D eigenvalue weighted by Crippen LogP contribution is -2.24. The molecule has 0 saturated carbocycles. The molecule has 4 rings (SSSR count). The molecule has 30 heavy (non-hydrogen) atoms. The summed E-state index contributed by atoms with van der Waals surface area (Å²) in [7, 11) is -4.53. The van der Waals surface area contributed by atoms with Crippen molar-refractivity contribution in [3.8, 4) is 0 Å². The van der Waals surface area contributed by atoms with Crippen molar-refractivity contribution in [2.75, 3.05) is 11.1 Å². The molecule has 7 nitrogen and oxygen atoms in total. The number of nitrogen functional groups attached to an aromatic ring is 1. The number of fused-ring (bicyclic) bond motifs is 2. The highest BCUT2D eigenvalue weighted by Crippen LogP contribution is 2.41. The number of halogens is 1. The number of carbonyl (C=O) groups is 2. The van der Waals surface area contributed by atoms with Crippen LogP contribution in [-0.4, -0.2) is 24.5 Å². The van der Waals surface area contributed by atoms with Gasteiger partial charge < -0.3 is 11.1 Å². The Morgan fingerprint density at radius 1 is 0.933 bits per heavy atom. The van der Waals surface area contributed by atoms with E-state index in [0.717, 1.165) is 5.56 Å². The highest BCUT2D eigenvalue weighted by molar-refractivity contribution is 9.10. The number of aryl methyl sites for hydroxylation is 1. The number of ketones is 2. The van der Waals surface area contributed by atoms with Gasteiger partial charge in [-0.2, -0.15) is 8.42 Å². The maximum Gasteiger partial charge on any atom is 0.296 e. The Hall–Kier alpha value is -3.01. The molecule has 0 radical (unpaired) electrons. The number of hydrogen-bond donors (Lipinski definition) is 3. The molecule has 0 atom stereocenters. The first-order valence-electron chi connectivity index (χ1n) is 8.75. The van der Waals surface area contributed by atoms with E-state index in [0.29, 0.717) is 4.47 Å². The van der Waals surface area contributed by atoms with Crippen LogP contribution in [0.15, 0.2) is 57.9 Å². The molecule has 3 aromatic rings. The first kappa shape index (κ1) is 20.3. The van der Waals surface area contributed by atoms with E-state index in [-0.39, 0.29) is 44.2 Å². The Balaban J connectivity index is 1.97. The van der Waals surface area contributed by atoms with Crippen molar-refractivity contribution < 1.29 is 22.6 Å². The van der Waals surface area contributed by atoms with Crippen LogP contribution < -0.4 is 11.1 Å². The van der Waals surface area contributed by atoms with Gasteiger partial charge in [0.1, 0.15) is 4.90 Å². The Kier molecular flexibility index (Phi) is 4.76. The van der Waals surface area contributed by atoms with Gasteiger partial charge >= 0.3 is 0 Å². The van der Waals surface area contributed by atoms with Crippen LogP contribution in [0, 0.1) is 6.92 Å². The molecule has 4 N–H and O–H groups in total. The average molecular weight is 487 g/mol. The van der Waals surface area contributed by atoms with Gasteiger partial charge in [-0.15, -0.1) is 0 Å². The van der Waals surface area contributed by atoms with E-state index in [1.807, 2.05) is 0 Å². The lowest BCUT2D eigenvalue weighted by molar-refractivity contribution is 0.0980. The minimum Gasteiger partial charge on any atom is -0.397 e. The van der Waals surface area contributed by atoms with Gasteiger partial charge in [-0.25, -0.2) is 0 Å². The van der Waals surface area contributed by atoms with Gasteiger partial charge in [0.2, 0.25) is 0 Å². The Morgan fingerprint density at radius 3 is 2.13 bits per heavy atom. The SMILES string of the molecule is Cc1ccc(S(=O)(=O)O)c(Nc2cc(Br)c(N)c3c2C(=O)c2ccccc2C3=O)c1. The molecule has 0 aromatic heterocycles. The number of nitrogens with two attached hydrogens (primary N) is 1. The van der Waals surface area contributed by atoms with Crippen molar-refractivity contribution in [1.82, 2.24) is 0 Å². The number of anilines is 3. The fraction of sp³-hybridized carbons (Fsp3) is 0.0476. The van der Waals surface area contributed by atoms with Crippen LogP contribution in [0.3, 0.4) is 0 Å². The highest BCUT2D eigenvalue weighted by atomic mass is 79.9. The summed E-state index contributed by atoms with van der Waals surface area (Å²) < 4.78 is 33.6. The van der Waals surface area contributed by atoms with Gasteiger partial charge in [0.05, 0.1) is 28.2 Å². The van der Waals surface area contributed by atoms with Crippen molar-refractivity contribution >= 4 is 54.7 Å². The Labute approximate surface area is 180 Å². The standard InChI is InChI=1S/C21H15BrN2O5S/c1-10-6-7-16(30(27,28)29)14(8-10)24-15-9-13(22)19(23)18-17(15)20(25)11-4-2-3-5-12(11)21(18)26/h2-9,24H,23H2,1H3,(H,27,28,29). The third-order valence-electron chi connectivity index (χ3n) is 4.87. The normalized spacial score (nSPS) is 13.0. The lowest BCUT2D eigenvalue weighted by atomic mass is 9.82. The lowest BCUT2D eigenvalue weighted by Gasteiger charge is -2.23. The van der Waals surface area contributed by atoms with Gasteiger partial charge in [-0.05, 0) is 46.6 Å². The molecule has 3 aromatic carbocycles. The van der Waals surface area contributed by atoms with Crippen LogP contribution in [0.25, 0.3) is 0 Å². The molecule has 0 saturated heterocycles. The van der Waals surface area contributed by atoms with Gasteiger partial charge in [-0.3, -0.25) is 14.1 Å². The Bertz CT molecular complexity index is 1370. The minimum absolute atomic E-state index is 0.0385. The number of nitrogens with one attached hydrogen (secondary N) is 1. The molecular weight excluding hydrogens is 472 g/mol. The molecule has 152 valence electrons. The second kappa shape index (κ2) is 7.05. The minimum atomic E-state index is -4.53. The summed E-state index contributed by atoms with van der Waals surface area (Å²) in [6, 6.07) is 12.2. The molecule has 0 heterocycles. The molecular formula is C21H15BrN2O5S. The molecule has 0 spiro atoms. The van der Waals surface area contributed by atoms with Crippen molar-refractivity contribution in [3.05, 3.63) is 80.8 Å². The van der Waals surface area contributed by atoms with E-state index < -0.39 is 21.7 Å². The van der Waals surface area contributed by atoms with Gasteiger partial charge in [0, 0.05) is 15.6 Å². The van der Waals surface area contributed by atoms with Crippen LogP contribution >= 0.6 is 15.9 Å². The molecule has 0 amide bonds. The highest BCUT2D eigenvalue weighted by Gasteiger charge is 2.34. The van der Waals surface area contributed by atoms with E-state index in [4.69, 9.17) is 5.73 Å². The zero-order valence-corrected chi connectivity index (χ0v) is 18.0. The summed E-state index contributed by atoms with van der Waals surface area (Å²) in [5.41, 5.74) is 7.77. The third kappa shape index (κ3) is 3.20. The van der Waals surface area contributed by atoms with Crippen molar-refractivity contribution in [2.24, 2.45) is 0 Å². The summed E-state index contributed by atoms with van der Waals surface area (Å²) in [5.74, 6) is -0.816. The molecule has 0 bridgehead atoms. The summed E-state index contributed by atoms with van der Waals surface area (Å²) >= 11 is 3.30. The maximum atomic E-state index is 13.2.